The summed E-state index contributed by atoms with van der Waals surface area (Å²) in [5.41, 5.74) is 0. The van der Waals surface area contributed by atoms with E-state index in [-0.39, 0.29) is 0 Å². The summed E-state index contributed by atoms with van der Waals surface area (Å²) in [4.78, 5) is 0. The molecule has 134 valence electrons. The number of rotatable bonds is 6. The van der Waals surface area contributed by atoms with Gasteiger partial charge in [0.05, 0.1) is 13.2 Å². The Balaban J connectivity index is 1.37. The molecule has 2 heteroatoms. The van der Waals surface area contributed by atoms with Gasteiger partial charge in [0.25, 0.3) is 0 Å². The average molecular weight is 331 g/mol. The van der Waals surface area contributed by atoms with Crippen molar-refractivity contribution < 1.29 is 9.47 Å². The Morgan fingerprint density at radius 3 is 1.29 bits per heavy atom. The van der Waals surface area contributed by atoms with Gasteiger partial charge in [-0.1, -0.05) is 39.5 Å². The maximum Gasteiger partial charge on any atom is 0.119 e. The van der Waals surface area contributed by atoms with Crippen LogP contribution < -0.4 is 9.47 Å². The van der Waals surface area contributed by atoms with Crippen molar-refractivity contribution in [2.75, 3.05) is 13.2 Å². The van der Waals surface area contributed by atoms with E-state index in [1.54, 1.807) is 0 Å². The van der Waals surface area contributed by atoms with Crippen LogP contribution in [-0.4, -0.2) is 13.2 Å². The molecule has 0 spiro atoms. The minimum Gasteiger partial charge on any atom is -0.493 e. The molecule has 0 atom stereocenters. The van der Waals surface area contributed by atoms with Gasteiger partial charge in [-0.2, -0.15) is 0 Å². The highest BCUT2D eigenvalue weighted by Gasteiger charge is 2.19. The lowest BCUT2D eigenvalue weighted by molar-refractivity contribution is 0.184. The van der Waals surface area contributed by atoms with E-state index in [2.05, 4.69) is 38.1 Å². The van der Waals surface area contributed by atoms with E-state index in [0.29, 0.717) is 0 Å². The normalized spacial score (nSPS) is 30.8. The first-order valence-corrected chi connectivity index (χ1v) is 10.0. The predicted octanol–water partition coefficient (Wildman–Crippen LogP) is 6.10. The minimum atomic E-state index is 0.741. The zero-order chi connectivity index (χ0) is 16.8. The summed E-state index contributed by atoms with van der Waals surface area (Å²) < 4.78 is 12.0. The molecule has 2 fully saturated rings. The molecule has 0 radical (unpaired) electrons. The summed E-state index contributed by atoms with van der Waals surface area (Å²) in [6.07, 6.45) is 10.7. The van der Waals surface area contributed by atoms with Gasteiger partial charge < -0.3 is 9.47 Å². The summed E-state index contributed by atoms with van der Waals surface area (Å²) in [7, 11) is 0. The Morgan fingerprint density at radius 2 is 0.958 bits per heavy atom. The molecule has 1 aromatic rings. The van der Waals surface area contributed by atoms with Gasteiger partial charge in [-0.3, -0.25) is 0 Å². The summed E-state index contributed by atoms with van der Waals surface area (Å²) >= 11 is 0. The summed E-state index contributed by atoms with van der Waals surface area (Å²) in [5, 5.41) is 0. The molecule has 2 saturated carbocycles. The maximum absolute atomic E-state index is 5.99. The topological polar surface area (TPSA) is 18.5 Å². The van der Waals surface area contributed by atoms with Crippen LogP contribution in [-0.2, 0) is 0 Å². The molecule has 2 aliphatic carbocycles. The van der Waals surface area contributed by atoms with Crippen LogP contribution in [0.1, 0.15) is 65.2 Å². The van der Waals surface area contributed by atoms with Crippen LogP contribution in [0.5, 0.6) is 11.5 Å². The molecule has 0 bridgehead atoms. The van der Waals surface area contributed by atoms with Gasteiger partial charge in [-0.25, -0.2) is 0 Å². The quantitative estimate of drug-likeness (QED) is 0.627. The van der Waals surface area contributed by atoms with E-state index in [1.165, 1.54) is 51.4 Å². The summed E-state index contributed by atoms with van der Waals surface area (Å²) in [6.45, 7) is 6.47. The van der Waals surface area contributed by atoms with E-state index in [0.717, 1.165) is 48.4 Å². The van der Waals surface area contributed by atoms with Crippen LogP contribution >= 0.6 is 0 Å². The second-order valence-corrected chi connectivity index (χ2v) is 8.35. The van der Waals surface area contributed by atoms with Crippen molar-refractivity contribution in [3.8, 4) is 11.5 Å². The second-order valence-electron chi connectivity index (χ2n) is 8.35. The van der Waals surface area contributed by atoms with Gasteiger partial charge >= 0.3 is 0 Å². The van der Waals surface area contributed by atoms with Crippen molar-refractivity contribution in [2.45, 2.75) is 65.2 Å². The Kier molecular flexibility index (Phi) is 6.45. The molecule has 2 aliphatic rings. The first-order chi connectivity index (χ1) is 11.7. The van der Waals surface area contributed by atoms with Crippen molar-refractivity contribution in [3.63, 3.8) is 0 Å². The lowest BCUT2D eigenvalue weighted by atomic mass is 9.83. The molecule has 0 amide bonds. The molecule has 0 N–H and O–H groups in total. The molecular formula is C22H34O2. The first-order valence-electron chi connectivity index (χ1n) is 10.0. The molecule has 3 rings (SSSR count). The Bertz CT molecular complexity index is 420. The summed E-state index contributed by atoms with van der Waals surface area (Å²) in [6, 6.07) is 8.24. The van der Waals surface area contributed by atoms with E-state index < -0.39 is 0 Å². The fraction of sp³-hybridized carbons (Fsp3) is 0.727. The van der Waals surface area contributed by atoms with Crippen LogP contribution in [0.25, 0.3) is 0 Å². The van der Waals surface area contributed by atoms with Crippen molar-refractivity contribution >= 4 is 0 Å². The number of hydrogen-bond donors (Lipinski definition) is 0. The Morgan fingerprint density at radius 1 is 0.625 bits per heavy atom. The molecule has 0 unspecified atom stereocenters. The van der Waals surface area contributed by atoms with Crippen LogP contribution in [0.2, 0.25) is 0 Å². The standard InChI is InChI=1S/C22H34O2/c1-17-3-7-19(8-4-17)15-23-21-11-13-22(14-12-21)24-16-20-9-5-18(2)6-10-20/h11-14,17-20H,3-10,15-16H2,1-2H3. The van der Waals surface area contributed by atoms with Gasteiger partial charge in [-0.15, -0.1) is 0 Å². The smallest absolute Gasteiger partial charge is 0.119 e. The third kappa shape index (κ3) is 5.43. The first kappa shape index (κ1) is 17.6. The Hall–Kier alpha value is -1.18. The highest BCUT2D eigenvalue weighted by atomic mass is 16.5. The van der Waals surface area contributed by atoms with E-state index in [1.807, 2.05) is 0 Å². The molecule has 0 heterocycles. The second kappa shape index (κ2) is 8.78. The third-order valence-electron chi connectivity index (χ3n) is 6.07. The zero-order valence-corrected chi connectivity index (χ0v) is 15.5. The summed E-state index contributed by atoms with van der Waals surface area (Å²) in [5.74, 6) is 5.26. The van der Waals surface area contributed by atoms with Gasteiger partial charge in [0.2, 0.25) is 0 Å². The monoisotopic (exact) mass is 330 g/mol. The van der Waals surface area contributed by atoms with Gasteiger partial charge in [0.15, 0.2) is 0 Å². The number of ether oxygens (including phenoxy) is 2. The van der Waals surface area contributed by atoms with Crippen LogP contribution in [0.4, 0.5) is 0 Å². The lowest BCUT2D eigenvalue weighted by Crippen LogP contribution is -2.19. The van der Waals surface area contributed by atoms with E-state index in [4.69, 9.17) is 9.47 Å². The lowest BCUT2D eigenvalue weighted by Gasteiger charge is -2.26. The molecule has 24 heavy (non-hydrogen) atoms. The molecule has 0 aromatic heterocycles. The Labute approximate surface area is 147 Å². The fourth-order valence-corrected chi connectivity index (χ4v) is 4.05. The number of hydrogen-bond acceptors (Lipinski definition) is 2. The third-order valence-corrected chi connectivity index (χ3v) is 6.07. The molecule has 2 nitrogen and oxygen atoms in total. The van der Waals surface area contributed by atoms with Crippen molar-refractivity contribution in [2.24, 2.45) is 23.7 Å². The van der Waals surface area contributed by atoms with Crippen molar-refractivity contribution in [1.29, 1.82) is 0 Å². The zero-order valence-electron chi connectivity index (χ0n) is 15.5. The van der Waals surface area contributed by atoms with Crippen LogP contribution in [0.3, 0.4) is 0 Å². The predicted molar refractivity (Wildman–Crippen MR) is 99.7 cm³/mol. The fourth-order valence-electron chi connectivity index (χ4n) is 4.05. The van der Waals surface area contributed by atoms with Crippen molar-refractivity contribution in [1.82, 2.24) is 0 Å². The van der Waals surface area contributed by atoms with Crippen LogP contribution in [0.15, 0.2) is 24.3 Å². The minimum absolute atomic E-state index is 0.741. The van der Waals surface area contributed by atoms with Crippen LogP contribution in [0, 0.1) is 23.7 Å². The molecule has 0 aliphatic heterocycles. The van der Waals surface area contributed by atoms with Crippen molar-refractivity contribution in [3.05, 3.63) is 24.3 Å². The van der Waals surface area contributed by atoms with E-state index in [9.17, 15) is 0 Å². The highest BCUT2D eigenvalue weighted by molar-refractivity contribution is 5.31. The van der Waals surface area contributed by atoms with Gasteiger partial charge in [0.1, 0.15) is 11.5 Å². The van der Waals surface area contributed by atoms with Gasteiger partial charge in [0, 0.05) is 0 Å². The largest absolute Gasteiger partial charge is 0.493 e. The molecule has 1 aromatic carbocycles. The molecular weight excluding hydrogens is 296 g/mol. The average Bonchev–Trinajstić information content (AvgIpc) is 2.62. The van der Waals surface area contributed by atoms with E-state index >= 15 is 0 Å². The van der Waals surface area contributed by atoms with Gasteiger partial charge in [-0.05, 0) is 73.6 Å². The number of benzene rings is 1. The highest BCUT2D eigenvalue weighted by Crippen LogP contribution is 2.30. The SMILES string of the molecule is CC1CCC(COc2ccc(OCC3CCC(C)CC3)cc2)CC1. The maximum atomic E-state index is 5.99. The molecule has 0 saturated heterocycles.